The Morgan fingerprint density at radius 1 is 1.20 bits per heavy atom. The molecule has 0 aromatic carbocycles. The SMILES string of the molecule is CNc1cc(S(=O)(=O)NCc2ncccc2C)ccn1. The molecule has 0 bridgehead atoms. The number of hydrogen-bond donors (Lipinski definition) is 2. The molecule has 2 heterocycles. The van der Waals surface area contributed by atoms with Crippen molar-refractivity contribution in [1.29, 1.82) is 0 Å². The van der Waals surface area contributed by atoms with E-state index in [1.54, 1.807) is 13.2 Å². The largest absolute Gasteiger partial charge is 0.373 e. The maximum absolute atomic E-state index is 12.2. The van der Waals surface area contributed by atoms with Crippen LogP contribution in [0.4, 0.5) is 5.82 Å². The molecule has 0 aliphatic carbocycles. The quantitative estimate of drug-likeness (QED) is 0.868. The van der Waals surface area contributed by atoms with Gasteiger partial charge in [0.15, 0.2) is 0 Å². The molecule has 0 radical (unpaired) electrons. The molecule has 6 nitrogen and oxygen atoms in total. The summed E-state index contributed by atoms with van der Waals surface area (Å²) in [5.41, 5.74) is 1.65. The highest BCUT2D eigenvalue weighted by molar-refractivity contribution is 7.89. The van der Waals surface area contributed by atoms with Crippen LogP contribution in [0.5, 0.6) is 0 Å². The minimum atomic E-state index is -3.58. The molecular formula is C13H16N4O2S. The second kappa shape index (κ2) is 5.98. The van der Waals surface area contributed by atoms with Gasteiger partial charge in [0.25, 0.3) is 0 Å². The fraction of sp³-hybridized carbons (Fsp3) is 0.231. The van der Waals surface area contributed by atoms with Gasteiger partial charge in [-0.2, -0.15) is 0 Å². The predicted octanol–water partition coefficient (Wildman–Crippen LogP) is 1.31. The van der Waals surface area contributed by atoms with E-state index in [9.17, 15) is 8.42 Å². The fourth-order valence-electron chi connectivity index (χ4n) is 1.67. The first kappa shape index (κ1) is 14.4. The molecule has 0 unspecified atom stereocenters. The highest BCUT2D eigenvalue weighted by Gasteiger charge is 2.15. The zero-order valence-corrected chi connectivity index (χ0v) is 12.1. The number of pyridine rings is 2. The Hall–Kier alpha value is -1.99. The maximum Gasteiger partial charge on any atom is 0.241 e. The Kier molecular flexibility index (Phi) is 4.31. The van der Waals surface area contributed by atoms with Crippen LogP contribution in [-0.4, -0.2) is 25.4 Å². The molecule has 0 aliphatic heterocycles. The summed E-state index contributed by atoms with van der Waals surface area (Å²) < 4.78 is 26.9. The molecule has 106 valence electrons. The van der Waals surface area contributed by atoms with Crippen LogP contribution in [0.2, 0.25) is 0 Å². The van der Waals surface area contributed by atoms with Gasteiger partial charge in [0.2, 0.25) is 10.0 Å². The third-order valence-electron chi connectivity index (χ3n) is 2.85. The molecule has 0 amide bonds. The van der Waals surface area contributed by atoms with Crippen molar-refractivity contribution < 1.29 is 8.42 Å². The van der Waals surface area contributed by atoms with Gasteiger partial charge in [0.1, 0.15) is 5.82 Å². The highest BCUT2D eigenvalue weighted by Crippen LogP contribution is 2.13. The zero-order chi connectivity index (χ0) is 14.6. The van der Waals surface area contributed by atoms with E-state index >= 15 is 0 Å². The average Bonchev–Trinajstić information content (AvgIpc) is 2.46. The fourth-order valence-corrected chi connectivity index (χ4v) is 2.67. The lowest BCUT2D eigenvalue weighted by Crippen LogP contribution is -2.24. The first-order valence-electron chi connectivity index (χ1n) is 6.07. The summed E-state index contributed by atoms with van der Waals surface area (Å²) in [7, 11) is -1.89. The van der Waals surface area contributed by atoms with Crippen LogP contribution >= 0.6 is 0 Å². The molecule has 7 heteroatoms. The van der Waals surface area contributed by atoms with Gasteiger partial charge in [-0.3, -0.25) is 4.98 Å². The van der Waals surface area contributed by atoms with Crippen molar-refractivity contribution in [3.05, 3.63) is 47.9 Å². The van der Waals surface area contributed by atoms with Gasteiger partial charge in [-0.25, -0.2) is 18.1 Å². The lowest BCUT2D eigenvalue weighted by Gasteiger charge is -2.09. The van der Waals surface area contributed by atoms with Crippen LogP contribution in [0.25, 0.3) is 0 Å². The standard InChI is InChI=1S/C13H16N4O2S/c1-10-4-3-6-15-12(10)9-17-20(18,19)11-5-7-16-13(8-11)14-2/h3-8,17H,9H2,1-2H3,(H,14,16). The van der Waals surface area contributed by atoms with E-state index in [2.05, 4.69) is 20.0 Å². The number of rotatable bonds is 5. The van der Waals surface area contributed by atoms with Gasteiger partial charge >= 0.3 is 0 Å². The first-order chi connectivity index (χ1) is 9.53. The van der Waals surface area contributed by atoms with Gasteiger partial charge in [-0.15, -0.1) is 0 Å². The second-order valence-electron chi connectivity index (χ2n) is 4.22. The molecule has 2 rings (SSSR count). The highest BCUT2D eigenvalue weighted by atomic mass is 32.2. The molecule has 2 aromatic heterocycles. The van der Waals surface area contributed by atoms with Crippen molar-refractivity contribution in [2.75, 3.05) is 12.4 Å². The van der Waals surface area contributed by atoms with Gasteiger partial charge in [0, 0.05) is 25.5 Å². The first-order valence-corrected chi connectivity index (χ1v) is 7.55. The van der Waals surface area contributed by atoms with Gasteiger partial charge in [-0.1, -0.05) is 6.07 Å². The molecular weight excluding hydrogens is 276 g/mol. The van der Waals surface area contributed by atoms with E-state index in [0.29, 0.717) is 11.5 Å². The summed E-state index contributed by atoms with van der Waals surface area (Å²) in [6.45, 7) is 2.05. The zero-order valence-electron chi connectivity index (χ0n) is 11.3. The van der Waals surface area contributed by atoms with Crippen LogP contribution in [0.15, 0.2) is 41.6 Å². The van der Waals surface area contributed by atoms with E-state index in [1.165, 1.54) is 18.3 Å². The monoisotopic (exact) mass is 292 g/mol. The van der Waals surface area contributed by atoms with Crippen LogP contribution < -0.4 is 10.0 Å². The maximum atomic E-state index is 12.2. The predicted molar refractivity (Wildman–Crippen MR) is 76.8 cm³/mol. The molecule has 0 saturated heterocycles. The average molecular weight is 292 g/mol. The smallest absolute Gasteiger partial charge is 0.241 e. The molecule has 0 saturated carbocycles. The Morgan fingerprint density at radius 2 is 2.00 bits per heavy atom. The number of aromatic nitrogens is 2. The Balaban J connectivity index is 2.17. The summed E-state index contributed by atoms with van der Waals surface area (Å²) in [5, 5.41) is 2.81. The number of nitrogens with one attached hydrogen (secondary N) is 2. The lowest BCUT2D eigenvalue weighted by molar-refractivity contribution is 0.580. The summed E-state index contributed by atoms with van der Waals surface area (Å²) in [6.07, 6.45) is 3.09. The molecule has 2 N–H and O–H groups in total. The Labute approximate surface area is 118 Å². The topological polar surface area (TPSA) is 84.0 Å². The van der Waals surface area contributed by atoms with Crippen molar-refractivity contribution >= 4 is 15.8 Å². The summed E-state index contributed by atoms with van der Waals surface area (Å²) in [5.74, 6) is 0.502. The van der Waals surface area contributed by atoms with Gasteiger partial charge < -0.3 is 5.32 Å². The number of hydrogen-bond acceptors (Lipinski definition) is 5. The van der Waals surface area contributed by atoms with E-state index in [0.717, 1.165) is 5.56 Å². The Bertz CT molecular complexity index is 701. The number of anilines is 1. The van der Waals surface area contributed by atoms with Crippen molar-refractivity contribution in [2.24, 2.45) is 0 Å². The number of sulfonamides is 1. The number of nitrogens with zero attached hydrogens (tertiary/aromatic N) is 2. The van der Waals surface area contributed by atoms with E-state index in [1.807, 2.05) is 19.1 Å². The van der Waals surface area contributed by atoms with Crippen molar-refractivity contribution in [3.8, 4) is 0 Å². The summed E-state index contributed by atoms with van der Waals surface area (Å²) >= 11 is 0. The molecule has 0 atom stereocenters. The van der Waals surface area contributed by atoms with Crippen LogP contribution in [0.3, 0.4) is 0 Å². The van der Waals surface area contributed by atoms with Crippen molar-refractivity contribution in [1.82, 2.24) is 14.7 Å². The van der Waals surface area contributed by atoms with Crippen LogP contribution in [0.1, 0.15) is 11.3 Å². The number of aryl methyl sites for hydroxylation is 1. The van der Waals surface area contributed by atoms with Crippen LogP contribution in [-0.2, 0) is 16.6 Å². The molecule has 0 fully saturated rings. The third kappa shape index (κ3) is 3.31. The molecule has 20 heavy (non-hydrogen) atoms. The van der Waals surface area contributed by atoms with E-state index in [4.69, 9.17) is 0 Å². The van der Waals surface area contributed by atoms with E-state index < -0.39 is 10.0 Å². The normalized spacial score (nSPS) is 11.3. The molecule has 0 aliphatic rings. The van der Waals surface area contributed by atoms with Crippen molar-refractivity contribution in [3.63, 3.8) is 0 Å². The van der Waals surface area contributed by atoms with Crippen molar-refractivity contribution in [2.45, 2.75) is 18.4 Å². The molecule has 2 aromatic rings. The third-order valence-corrected chi connectivity index (χ3v) is 4.24. The van der Waals surface area contributed by atoms with Gasteiger partial charge in [0.05, 0.1) is 17.1 Å². The van der Waals surface area contributed by atoms with E-state index in [-0.39, 0.29) is 11.4 Å². The minimum absolute atomic E-state index is 0.159. The lowest BCUT2D eigenvalue weighted by atomic mass is 10.2. The summed E-state index contributed by atoms with van der Waals surface area (Å²) in [4.78, 5) is 8.32. The second-order valence-corrected chi connectivity index (χ2v) is 5.99. The summed E-state index contributed by atoms with van der Waals surface area (Å²) in [6, 6.07) is 6.64. The van der Waals surface area contributed by atoms with Crippen LogP contribution in [0, 0.1) is 6.92 Å². The van der Waals surface area contributed by atoms with Gasteiger partial charge in [-0.05, 0) is 24.6 Å². The Morgan fingerprint density at radius 3 is 2.70 bits per heavy atom. The molecule has 0 spiro atoms. The minimum Gasteiger partial charge on any atom is -0.373 e.